The predicted octanol–water partition coefficient (Wildman–Crippen LogP) is 3.53. The van der Waals surface area contributed by atoms with Crippen LogP contribution >= 0.6 is 15.9 Å². The van der Waals surface area contributed by atoms with Crippen LogP contribution in [0.3, 0.4) is 0 Å². The zero-order chi connectivity index (χ0) is 13.4. The summed E-state index contributed by atoms with van der Waals surface area (Å²) in [5.74, 6) is 0. The van der Waals surface area contributed by atoms with E-state index in [2.05, 4.69) is 43.7 Å². The lowest BCUT2D eigenvalue weighted by Gasteiger charge is -2.16. The number of halogens is 1. The summed E-state index contributed by atoms with van der Waals surface area (Å²) in [6, 6.07) is 6.39. The van der Waals surface area contributed by atoms with Crippen molar-refractivity contribution in [3.05, 3.63) is 46.0 Å². The lowest BCUT2D eigenvalue weighted by molar-refractivity contribution is 0.655. The third-order valence-corrected chi connectivity index (χ3v) is 4.42. The van der Waals surface area contributed by atoms with Crippen molar-refractivity contribution in [2.45, 2.75) is 38.6 Å². The van der Waals surface area contributed by atoms with Gasteiger partial charge in [-0.05, 0) is 66.2 Å². The third kappa shape index (κ3) is 2.35. The van der Waals surface area contributed by atoms with Crippen molar-refractivity contribution in [2.75, 3.05) is 0 Å². The van der Waals surface area contributed by atoms with E-state index in [0.29, 0.717) is 0 Å². The lowest BCUT2D eigenvalue weighted by Crippen LogP contribution is -2.08. The molecule has 2 aromatic rings. The summed E-state index contributed by atoms with van der Waals surface area (Å²) in [6.07, 6.45) is 6.69. The summed E-state index contributed by atoms with van der Waals surface area (Å²) < 4.78 is 3.29. The average molecular weight is 320 g/mol. The molecule has 2 N–H and O–H groups in total. The summed E-state index contributed by atoms with van der Waals surface area (Å²) in [4.78, 5) is 4.55. The van der Waals surface area contributed by atoms with Gasteiger partial charge in [0.25, 0.3) is 0 Å². The van der Waals surface area contributed by atoms with Crippen molar-refractivity contribution in [2.24, 2.45) is 5.73 Å². The van der Waals surface area contributed by atoms with Gasteiger partial charge in [-0.2, -0.15) is 0 Å². The van der Waals surface area contributed by atoms with Gasteiger partial charge in [-0.3, -0.25) is 0 Å². The van der Waals surface area contributed by atoms with Crippen LogP contribution in [0.25, 0.3) is 5.69 Å². The highest BCUT2D eigenvalue weighted by Crippen LogP contribution is 2.29. The van der Waals surface area contributed by atoms with E-state index in [0.717, 1.165) is 28.6 Å². The van der Waals surface area contributed by atoms with E-state index in [1.54, 1.807) is 0 Å². The molecule has 0 saturated heterocycles. The summed E-state index contributed by atoms with van der Waals surface area (Å²) in [5, 5.41) is 0. The van der Waals surface area contributed by atoms with Gasteiger partial charge in [0.15, 0.2) is 0 Å². The van der Waals surface area contributed by atoms with Crippen LogP contribution in [0.4, 0.5) is 0 Å². The largest absolute Gasteiger partial charge is 0.324 e. The van der Waals surface area contributed by atoms with Crippen molar-refractivity contribution in [1.82, 2.24) is 9.55 Å². The molecule has 0 bridgehead atoms. The Labute approximate surface area is 122 Å². The fourth-order valence-electron chi connectivity index (χ4n) is 2.68. The number of nitrogens with two attached hydrogens (primary N) is 1. The summed E-state index contributed by atoms with van der Waals surface area (Å²) in [7, 11) is 0. The average Bonchev–Trinajstić information content (AvgIpc) is 2.82. The van der Waals surface area contributed by atoms with Gasteiger partial charge in [0, 0.05) is 16.2 Å². The molecule has 0 spiro atoms. The molecule has 1 aliphatic rings. The number of benzene rings is 1. The van der Waals surface area contributed by atoms with Crippen LogP contribution in [0.2, 0.25) is 0 Å². The van der Waals surface area contributed by atoms with Crippen molar-refractivity contribution in [3.8, 4) is 5.69 Å². The molecule has 0 fully saturated rings. The molecule has 0 unspecified atom stereocenters. The number of nitrogens with zero attached hydrogens (tertiary/aromatic N) is 2. The fourth-order valence-corrected chi connectivity index (χ4v) is 3.27. The molecule has 1 heterocycles. The molecular formula is C15H18BrN3. The Kier molecular flexibility index (Phi) is 3.46. The number of fused-ring (bicyclic) bond motifs is 1. The molecule has 3 rings (SSSR count). The van der Waals surface area contributed by atoms with E-state index in [-0.39, 0.29) is 6.04 Å². The quantitative estimate of drug-likeness (QED) is 0.920. The van der Waals surface area contributed by atoms with Crippen molar-refractivity contribution in [3.63, 3.8) is 0 Å². The van der Waals surface area contributed by atoms with E-state index >= 15 is 0 Å². The Balaban J connectivity index is 2.05. The highest BCUT2D eigenvalue weighted by Gasteiger charge is 2.17. The SMILES string of the molecule is C[C@@H](N)c1ccc(-n2cnc3c2CCCC3)c(Br)c1. The predicted molar refractivity (Wildman–Crippen MR) is 80.5 cm³/mol. The Morgan fingerprint density at radius 1 is 1.32 bits per heavy atom. The number of rotatable bonds is 2. The van der Waals surface area contributed by atoms with Crippen LogP contribution in [0.5, 0.6) is 0 Å². The first kappa shape index (κ1) is 12.9. The number of hydrogen-bond acceptors (Lipinski definition) is 2. The molecular weight excluding hydrogens is 302 g/mol. The first-order chi connectivity index (χ1) is 9.16. The molecule has 1 aromatic carbocycles. The minimum absolute atomic E-state index is 0.0575. The second-order valence-electron chi connectivity index (χ2n) is 5.21. The Bertz CT molecular complexity index is 601. The minimum Gasteiger partial charge on any atom is -0.324 e. The van der Waals surface area contributed by atoms with Crippen LogP contribution < -0.4 is 5.73 Å². The number of hydrogen-bond donors (Lipinski definition) is 1. The van der Waals surface area contributed by atoms with E-state index in [9.17, 15) is 0 Å². The maximum atomic E-state index is 5.92. The van der Waals surface area contributed by atoms with Crippen LogP contribution in [0.1, 0.15) is 42.8 Å². The van der Waals surface area contributed by atoms with E-state index in [4.69, 9.17) is 5.73 Å². The maximum Gasteiger partial charge on any atom is 0.0998 e. The lowest BCUT2D eigenvalue weighted by atomic mass is 10.0. The summed E-state index contributed by atoms with van der Waals surface area (Å²) in [6.45, 7) is 2.00. The number of aryl methyl sites for hydroxylation is 1. The van der Waals surface area contributed by atoms with Crippen molar-refractivity contribution in [1.29, 1.82) is 0 Å². The Morgan fingerprint density at radius 3 is 2.84 bits per heavy atom. The molecule has 0 amide bonds. The second kappa shape index (κ2) is 5.10. The highest BCUT2D eigenvalue weighted by molar-refractivity contribution is 9.10. The Hall–Kier alpha value is -1.13. The van der Waals surface area contributed by atoms with Gasteiger partial charge in [0.1, 0.15) is 0 Å². The van der Waals surface area contributed by atoms with Crippen LogP contribution in [0, 0.1) is 0 Å². The smallest absolute Gasteiger partial charge is 0.0998 e. The van der Waals surface area contributed by atoms with Gasteiger partial charge >= 0.3 is 0 Å². The standard InChI is InChI=1S/C15H18BrN3/c1-10(17)11-6-7-14(12(16)8-11)19-9-18-13-4-2-3-5-15(13)19/h6-10H,2-5,17H2,1H3/t10-/m1/s1. The third-order valence-electron chi connectivity index (χ3n) is 3.79. The zero-order valence-corrected chi connectivity index (χ0v) is 12.7. The second-order valence-corrected chi connectivity index (χ2v) is 6.07. The maximum absolute atomic E-state index is 5.92. The first-order valence-electron chi connectivity index (χ1n) is 6.77. The van der Waals surface area contributed by atoms with Gasteiger partial charge in [-0.25, -0.2) is 4.98 Å². The van der Waals surface area contributed by atoms with E-state index in [1.165, 1.54) is 24.2 Å². The minimum atomic E-state index is 0.0575. The monoisotopic (exact) mass is 319 g/mol. The molecule has 0 radical (unpaired) electrons. The molecule has 100 valence electrons. The molecule has 1 aromatic heterocycles. The van der Waals surface area contributed by atoms with Gasteiger partial charge in [0.05, 0.1) is 17.7 Å². The summed E-state index contributed by atoms with van der Waals surface area (Å²) in [5.41, 5.74) is 10.8. The topological polar surface area (TPSA) is 43.8 Å². The molecule has 1 atom stereocenters. The normalized spacial score (nSPS) is 16.2. The number of imidazole rings is 1. The number of aromatic nitrogens is 2. The van der Waals surface area contributed by atoms with Gasteiger partial charge < -0.3 is 10.3 Å². The fraction of sp³-hybridized carbons (Fsp3) is 0.400. The van der Waals surface area contributed by atoms with Gasteiger partial charge in [0.2, 0.25) is 0 Å². The molecule has 19 heavy (non-hydrogen) atoms. The van der Waals surface area contributed by atoms with E-state index in [1.807, 2.05) is 13.3 Å². The van der Waals surface area contributed by atoms with E-state index < -0.39 is 0 Å². The van der Waals surface area contributed by atoms with Crippen LogP contribution in [-0.2, 0) is 12.8 Å². The molecule has 3 nitrogen and oxygen atoms in total. The van der Waals surface area contributed by atoms with Gasteiger partial charge in [-0.1, -0.05) is 6.07 Å². The van der Waals surface area contributed by atoms with Crippen molar-refractivity contribution >= 4 is 15.9 Å². The molecule has 4 heteroatoms. The van der Waals surface area contributed by atoms with Crippen LogP contribution in [0.15, 0.2) is 29.0 Å². The highest BCUT2D eigenvalue weighted by atomic mass is 79.9. The van der Waals surface area contributed by atoms with Gasteiger partial charge in [-0.15, -0.1) is 0 Å². The molecule has 0 aliphatic heterocycles. The van der Waals surface area contributed by atoms with Crippen LogP contribution in [-0.4, -0.2) is 9.55 Å². The Morgan fingerprint density at radius 2 is 2.11 bits per heavy atom. The zero-order valence-electron chi connectivity index (χ0n) is 11.1. The van der Waals surface area contributed by atoms with Crippen molar-refractivity contribution < 1.29 is 0 Å². The molecule has 1 aliphatic carbocycles. The molecule has 0 saturated carbocycles. The summed E-state index contributed by atoms with van der Waals surface area (Å²) >= 11 is 3.66. The first-order valence-corrected chi connectivity index (χ1v) is 7.56.